The number of anilines is 1. The number of carboxylic acids is 1. The predicted molar refractivity (Wildman–Crippen MR) is 84.7 cm³/mol. The molecule has 1 N–H and O–H groups in total. The highest BCUT2D eigenvalue weighted by atomic mass is 19.2. The van der Waals surface area contributed by atoms with Gasteiger partial charge in [0.1, 0.15) is 0 Å². The van der Waals surface area contributed by atoms with Crippen LogP contribution >= 0.6 is 0 Å². The number of imide groups is 1. The highest BCUT2D eigenvalue weighted by Gasteiger charge is 2.36. The maximum atomic E-state index is 13.8. The molecule has 0 spiro atoms. The molecule has 2 aromatic rings. The van der Waals surface area contributed by atoms with Crippen molar-refractivity contribution in [3.63, 3.8) is 0 Å². The Balaban J connectivity index is 2.02. The molecular weight excluding hydrogens is 389 g/mol. The van der Waals surface area contributed by atoms with Gasteiger partial charge in [-0.25, -0.2) is 31.6 Å². The van der Waals surface area contributed by atoms with Crippen molar-refractivity contribution in [2.75, 3.05) is 4.90 Å². The van der Waals surface area contributed by atoms with E-state index in [9.17, 15) is 36.3 Å². The first-order chi connectivity index (χ1) is 13.1. The lowest BCUT2D eigenvalue weighted by molar-refractivity contribution is -0.120. The summed E-state index contributed by atoms with van der Waals surface area (Å²) in [5.41, 5.74) is -1.95. The van der Waals surface area contributed by atoms with Crippen LogP contribution in [0.5, 0.6) is 0 Å². The normalized spacial score (nSPS) is 15.6. The van der Waals surface area contributed by atoms with Gasteiger partial charge in [0.05, 0.1) is 23.2 Å². The van der Waals surface area contributed by atoms with Gasteiger partial charge in [-0.15, -0.1) is 0 Å². The zero-order valence-electron chi connectivity index (χ0n) is 13.6. The molecule has 1 saturated heterocycles. The number of carboxylic acid groups (broad SMARTS) is 1. The van der Waals surface area contributed by atoms with Gasteiger partial charge in [-0.3, -0.25) is 9.59 Å². The first-order valence-corrected chi connectivity index (χ1v) is 7.56. The first kappa shape index (κ1) is 19.2. The maximum Gasteiger partial charge on any atom is 0.335 e. The molecule has 1 aliphatic heterocycles. The van der Waals surface area contributed by atoms with Crippen molar-refractivity contribution in [1.29, 1.82) is 0 Å². The number of amides is 2. The molecular formula is C18H8F5NO4. The summed E-state index contributed by atoms with van der Waals surface area (Å²) < 4.78 is 67.3. The van der Waals surface area contributed by atoms with Gasteiger partial charge in [-0.2, -0.15) is 0 Å². The number of halogens is 5. The van der Waals surface area contributed by atoms with E-state index in [4.69, 9.17) is 5.11 Å². The Hall–Kier alpha value is -3.56. The summed E-state index contributed by atoms with van der Waals surface area (Å²) in [6, 6.07) is 4.59. The molecule has 10 heteroatoms. The molecule has 0 atom stereocenters. The molecule has 1 heterocycles. The lowest BCUT2D eigenvalue weighted by atomic mass is 10.1. The molecule has 0 unspecified atom stereocenters. The summed E-state index contributed by atoms with van der Waals surface area (Å²) in [5.74, 6) is -14.0. The highest BCUT2D eigenvalue weighted by molar-refractivity contribution is 6.29. The summed E-state index contributed by atoms with van der Waals surface area (Å²) in [7, 11) is 0. The van der Waals surface area contributed by atoms with Crippen LogP contribution in [-0.2, 0) is 9.59 Å². The van der Waals surface area contributed by atoms with E-state index in [0.717, 1.165) is 12.1 Å². The number of rotatable bonds is 3. The summed E-state index contributed by atoms with van der Waals surface area (Å²) in [6.45, 7) is 0. The SMILES string of the molecule is O=C(O)c1ccc(N2C(=O)C/C(=C\c3c(F)c(F)c(F)c(F)c3F)C2=O)cc1. The molecule has 3 rings (SSSR count). The lowest BCUT2D eigenvalue weighted by Gasteiger charge is -2.13. The quantitative estimate of drug-likeness (QED) is 0.283. The van der Waals surface area contributed by atoms with Gasteiger partial charge in [0, 0.05) is 5.57 Å². The third-order valence-electron chi connectivity index (χ3n) is 4.00. The first-order valence-electron chi connectivity index (χ1n) is 7.56. The zero-order valence-corrected chi connectivity index (χ0v) is 13.6. The van der Waals surface area contributed by atoms with E-state index in [1.54, 1.807) is 0 Å². The molecule has 0 radical (unpaired) electrons. The van der Waals surface area contributed by atoms with Crippen LogP contribution in [0.3, 0.4) is 0 Å². The average Bonchev–Trinajstić information content (AvgIpc) is 2.95. The highest BCUT2D eigenvalue weighted by Crippen LogP contribution is 2.30. The topological polar surface area (TPSA) is 74.7 Å². The molecule has 1 fully saturated rings. The van der Waals surface area contributed by atoms with Crippen molar-refractivity contribution in [2.45, 2.75) is 6.42 Å². The predicted octanol–water partition coefficient (Wildman–Crippen LogP) is 3.43. The van der Waals surface area contributed by atoms with Crippen molar-refractivity contribution in [1.82, 2.24) is 0 Å². The molecule has 2 aromatic carbocycles. The molecule has 0 aromatic heterocycles. The van der Waals surface area contributed by atoms with E-state index < -0.39 is 64.4 Å². The minimum absolute atomic E-state index is 0.0131. The average molecular weight is 397 g/mol. The van der Waals surface area contributed by atoms with Crippen molar-refractivity contribution in [3.8, 4) is 0 Å². The van der Waals surface area contributed by atoms with Crippen molar-refractivity contribution in [3.05, 3.63) is 70.1 Å². The van der Waals surface area contributed by atoms with E-state index in [-0.39, 0.29) is 11.3 Å². The van der Waals surface area contributed by atoms with Gasteiger partial charge < -0.3 is 5.11 Å². The Bertz CT molecular complexity index is 1030. The lowest BCUT2D eigenvalue weighted by Crippen LogP contribution is -2.28. The summed E-state index contributed by atoms with van der Waals surface area (Å²) in [4.78, 5) is 36.0. The fourth-order valence-corrected chi connectivity index (χ4v) is 2.62. The van der Waals surface area contributed by atoms with Gasteiger partial charge >= 0.3 is 5.97 Å². The molecule has 0 bridgehead atoms. The Kier molecular flexibility index (Phi) is 4.72. The van der Waals surface area contributed by atoms with Gasteiger partial charge in [0.15, 0.2) is 23.3 Å². The van der Waals surface area contributed by atoms with E-state index in [0.29, 0.717) is 11.0 Å². The summed E-state index contributed by atoms with van der Waals surface area (Å²) >= 11 is 0. The number of aromatic carboxylic acids is 1. The number of hydrogen-bond acceptors (Lipinski definition) is 3. The monoisotopic (exact) mass is 397 g/mol. The van der Waals surface area contributed by atoms with Crippen molar-refractivity contribution in [2.24, 2.45) is 0 Å². The standard InChI is InChI=1S/C18H8F5NO4/c19-12-10(13(20)15(22)16(23)14(12)21)5-8-6-11(25)24(17(8)26)9-3-1-7(2-4-9)18(27)28/h1-5H,6H2,(H,27,28)/b8-5+. The fraction of sp³-hybridized carbons (Fsp3) is 0.0556. The van der Waals surface area contributed by atoms with Crippen LogP contribution in [0.15, 0.2) is 29.8 Å². The fourth-order valence-electron chi connectivity index (χ4n) is 2.62. The van der Waals surface area contributed by atoms with Gasteiger partial charge in [0.25, 0.3) is 5.91 Å². The second-order valence-electron chi connectivity index (χ2n) is 5.72. The third kappa shape index (κ3) is 3.02. The van der Waals surface area contributed by atoms with E-state index in [2.05, 4.69) is 0 Å². The van der Waals surface area contributed by atoms with Gasteiger partial charge in [-0.05, 0) is 30.3 Å². The van der Waals surface area contributed by atoms with Crippen molar-refractivity contribution < 1.29 is 41.4 Å². The molecule has 0 aliphatic carbocycles. The van der Waals surface area contributed by atoms with Crippen LogP contribution in [0.2, 0.25) is 0 Å². The Labute approximate surface area is 153 Å². The molecule has 1 aliphatic rings. The number of nitrogens with zero attached hydrogens (tertiary/aromatic N) is 1. The number of benzene rings is 2. The summed E-state index contributed by atoms with van der Waals surface area (Å²) in [5, 5.41) is 8.85. The van der Waals surface area contributed by atoms with Crippen LogP contribution in [-0.4, -0.2) is 22.9 Å². The molecule has 2 amide bonds. The van der Waals surface area contributed by atoms with Crippen LogP contribution in [0.1, 0.15) is 22.3 Å². The molecule has 5 nitrogen and oxygen atoms in total. The van der Waals surface area contributed by atoms with Gasteiger partial charge in [-0.1, -0.05) is 0 Å². The Morgan fingerprint density at radius 2 is 1.39 bits per heavy atom. The second-order valence-corrected chi connectivity index (χ2v) is 5.72. The number of carbonyl (C=O) groups is 3. The van der Waals surface area contributed by atoms with E-state index in [1.165, 1.54) is 12.1 Å². The van der Waals surface area contributed by atoms with Crippen LogP contribution in [0.25, 0.3) is 6.08 Å². The van der Waals surface area contributed by atoms with Crippen LogP contribution in [0, 0.1) is 29.1 Å². The molecule has 0 saturated carbocycles. The second kappa shape index (κ2) is 6.87. The molecule has 144 valence electrons. The minimum atomic E-state index is -2.34. The van der Waals surface area contributed by atoms with Crippen LogP contribution < -0.4 is 4.90 Å². The van der Waals surface area contributed by atoms with Gasteiger partial charge in [0.2, 0.25) is 11.7 Å². The van der Waals surface area contributed by atoms with E-state index >= 15 is 0 Å². The summed E-state index contributed by atoms with van der Waals surface area (Å²) in [6.07, 6.45) is -0.207. The number of carbonyl (C=O) groups excluding carboxylic acids is 2. The third-order valence-corrected chi connectivity index (χ3v) is 4.00. The Morgan fingerprint density at radius 1 is 0.893 bits per heavy atom. The minimum Gasteiger partial charge on any atom is -0.478 e. The largest absolute Gasteiger partial charge is 0.478 e. The van der Waals surface area contributed by atoms with Crippen LogP contribution in [0.4, 0.5) is 27.6 Å². The zero-order chi connectivity index (χ0) is 20.7. The number of hydrogen-bond donors (Lipinski definition) is 1. The van der Waals surface area contributed by atoms with E-state index in [1.807, 2.05) is 0 Å². The molecule has 28 heavy (non-hydrogen) atoms. The van der Waals surface area contributed by atoms with Crippen molar-refractivity contribution >= 4 is 29.5 Å². The Morgan fingerprint density at radius 3 is 1.89 bits per heavy atom. The maximum absolute atomic E-state index is 13.8. The smallest absolute Gasteiger partial charge is 0.335 e.